The van der Waals surface area contributed by atoms with E-state index in [-0.39, 0.29) is 29.9 Å². The van der Waals surface area contributed by atoms with Crippen molar-refractivity contribution in [3.05, 3.63) is 53.6 Å². The van der Waals surface area contributed by atoms with Crippen LogP contribution in [0.1, 0.15) is 23.7 Å². The summed E-state index contributed by atoms with van der Waals surface area (Å²) in [6.45, 7) is 2.04. The van der Waals surface area contributed by atoms with E-state index in [0.29, 0.717) is 16.6 Å². The van der Waals surface area contributed by atoms with E-state index >= 15 is 0 Å². The fourth-order valence-corrected chi connectivity index (χ4v) is 2.93. The van der Waals surface area contributed by atoms with E-state index in [4.69, 9.17) is 9.47 Å². The number of aliphatic hydroxyl groups is 1. The molecule has 30 heavy (non-hydrogen) atoms. The summed E-state index contributed by atoms with van der Waals surface area (Å²) in [5.74, 6) is -3.06. The van der Waals surface area contributed by atoms with Crippen LogP contribution in [0.15, 0.2) is 36.4 Å². The van der Waals surface area contributed by atoms with E-state index in [1.165, 1.54) is 24.3 Å². The molecule has 1 N–H and O–H groups in total. The van der Waals surface area contributed by atoms with Crippen molar-refractivity contribution in [1.29, 1.82) is 0 Å². The predicted molar refractivity (Wildman–Crippen MR) is 107 cm³/mol. The van der Waals surface area contributed by atoms with Crippen molar-refractivity contribution in [3.63, 3.8) is 0 Å². The summed E-state index contributed by atoms with van der Waals surface area (Å²) in [5.41, 5.74) is 0.297. The topological polar surface area (TPSA) is 72.8 Å². The Labute approximate surface area is 174 Å². The van der Waals surface area contributed by atoms with Crippen LogP contribution in [-0.2, 0) is 9.53 Å². The first kappa shape index (κ1) is 23.4. The molecule has 2 aromatic rings. The van der Waals surface area contributed by atoms with Crippen LogP contribution in [0.25, 0.3) is 11.1 Å². The van der Waals surface area contributed by atoms with Crippen LogP contribution in [0.3, 0.4) is 0 Å². The van der Waals surface area contributed by atoms with Gasteiger partial charge in [-0.2, -0.15) is 0 Å². The second kappa shape index (κ2) is 9.77. The van der Waals surface area contributed by atoms with E-state index in [0.717, 1.165) is 12.1 Å². The van der Waals surface area contributed by atoms with Gasteiger partial charge in [0.05, 0.1) is 34.2 Å². The highest BCUT2D eigenvalue weighted by Gasteiger charge is 2.23. The first-order chi connectivity index (χ1) is 14.0. The fraction of sp³-hybridized carbons (Fsp3) is 0.364. The lowest BCUT2D eigenvalue weighted by Crippen LogP contribution is -2.42. The molecule has 0 heterocycles. The van der Waals surface area contributed by atoms with Gasteiger partial charge in [0.2, 0.25) is 0 Å². The summed E-state index contributed by atoms with van der Waals surface area (Å²) in [6, 6.07) is 7.20. The molecule has 0 amide bonds. The van der Waals surface area contributed by atoms with Gasteiger partial charge in [0.15, 0.2) is 0 Å². The van der Waals surface area contributed by atoms with Gasteiger partial charge in [-0.1, -0.05) is 6.07 Å². The molecule has 0 aliphatic carbocycles. The SMILES string of the molecule is CCOC(=O)c1cc(-c2ccc(F)cc2F)ccc1OC(=O)CC(O)C[N+](C)(C)C. The molecule has 0 bridgehead atoms. The zero-order valence-corrected chi connectivity index (χ0v) is 17.4. The van der Waals surface area contributed by atoms with Gasteiger partial charge in [-0.3, -0.25) is 4.79 Å². The van der Waals surface area contributed by atoms with Gasteiger partial charge in [-0.15, -0.1) is 0 Å². The molecule has 0 aliphatic rings. The highest BCUT2D eigenvalue weighted by atomic mass is 19.1. The number of benzene rings is 2. The second-order valence-corrected chi connectivity index (χ2v) is 7.86. The second-order valence-electron chi connectivity index (χ2n) is 7.86. The minimum absolute atomic E-state index is 0.0674. The molecule has 0 fully saturated rings. The maximum atomic E-state index is 14.1. The van der Waals surface area contributed by atoms with Crippen molar-refractivity contribution in [2.75, 3.05) is 34.3 Å². The van der Waals surface area contributed by atoms with Crippen LogP contribution >= 0.6 is 0 Å². The molecule has 162 valence electrons. The Kier molecular flexibility index (Phi) is 7.64. The average Bonchev–Trinajstić information content (AvgIpc) is 2.60. The van der Waals surface area contributed by atoms with E-state index in [9.17, 15) is 23.5 Å². The Bertz CT molecular complexity index is 924. The first-order valence-electron chi connectivity index (χ1n) is 9.46. The van der Waals surface area contributed by atoms with Gasteiger partial charge in [0.1, 0.15) is 35.6 Å². The van der Waals surface area contributed by atoms with Crippen LogP contribution in [0.5, 0.6) is 5.75 Å². The number of carbonyl (C=O) groups excluding carboxylic acids is 2. The van der Waals surface area contributed by atoms with E-state index in [1.54, 1.807) is 6.92 Å². The van der Waals surface area contributed by atoms with Crippen LogP contribution in [0, 0.1) is 11.6 Å². The fourth-order valence-electron chi connectivity index (χ4n) is 2.93. The van der Waals surface area contributed by atoms with Crippen molar-refractivity contribution in [3.8, 4) is 16.9 Å². The number of ether oxygens (including phenoxy) is 2. The monoisotopic (exact) mass is 422 g/mol. The molecule has 2 rings (SSSR count). The summed E-state index contributed by atoms with van der Waals surface area (Å²) in [7, 11) is 5.63. The number of hydrogen-bond donors (Lipinski definition) is 1. The van der Waals surface area contributed by atoms with Crippen molar-refractivity contribution in [1.82, 2.24) is 0 Å². The first-order valence-corrected chi connectivity index (χ1v) is 9.46. The molecule has 0 saturated carbocycles. The number of hydrogen-bond acceptors (Lipinski definition) is 5. The highest BCUT2D eigenvalue weighted by Crippen LogP contribution is 2.30. The van der Waals surface area contributed by atoms with Gasteiger partial charge in [-0.05, 0) is 36.8 Å². The normalized spacial score (nSPS) is 12.4. The molecular formula is C22H26F2NO5+. The number of aliphatic hydroxyl groups excluding tert-OH is 1. The third-order valence-corrected chi connectivity index (χ3v) is 4.10. The quantitative estimate of drug-likeness (QED) is 0.402. The third-order valence-electron chi connectivity index (χ3n) is 4.10. The van der Waals surface area contributed by atoms with Gasteiger partial charge < -0.3 is 19.1 Å². The molecular weight excluding hydrogens is 396 g/mol. The lowest BCUT2D eigenvalue weighted by molar-refractivity contribution is -0.873. The van der Waals surface area contributed by atoms with Crippen molar-refractivity contribution in [2.24, 2.45) is 0 Å². The summed E-state index contributed by atoms with van der Waals surface area (Å²) >= 11 is 0. The largest absolute Gasteiger partial charge is 0.462 e. The van der Waals surface area contributed by atoms with Gasteiger partial charge in [0.25, 0.3) is 0 Å². The molecule has 0 spiro atoms. The number of rotatable bonds is 8. The Balaban J connectivity index is 2.30. The molecule has 0 aromatic heterocycles. The summed E-state index contributed by atoms with van der Waals surface area (Å²) < 4.78 is 38.1. The molecule has 0 aliphatic heterocycles. The smallest absolute Gasteiger partial charge is 0.341 e. The minimum atomic E-state index is -0.920. The van der Waals surface area contributed by atoms with Crippen molar-refractivity contribution in [2.45, 2.75) is 19.4 Å². The van der Waals surface area contributed by atoms with Crippen molar-refractivity contribution < 1.29 is 37.4 Å². The van der Waals surface area contributed by atoms with E-state index in [1.807, 2.05) is 21.1 Å². The Morgan fingerprint density at radius 1 is 1.10 bits per heavy atom. The molecule has 2 aromatic carbocycles. The number of nitrogens with zero attached hydrogens (tertiary/aromatic N) is 1. The number of quaternary nitrogens is 1. The molecule has 0 radical (unpaired) electrons. The van der Waals surface area contributed by atoms with E-state index < -0.39 is 29.7 Å². The Morgan fingerprint density at radius 3 is 2.40 bits per heavy atom. The number of esters is 2. The number of halogens is 2. The molecule has 0 saturated heterocycles. The lowest BCUT2D eigenvalue weighted by atomic mass is 10.0. The maximum Gasteiger partial charge on any atom is 0.341 e. The average molecular weight is 422 g/mol. The number of likely N-dealkylation sites (N-methyl/N-ethyl adjacent to an activating group) is 1. The maximum absolute atomic E-state index is 14.1. The van der Waals surface area contributed by atoms with Gasteiger partial charge in [-0.25, -0.2) is 13.6 Å². The Hall–Kier alpha value is -2.84. The van der Waals surface area contributed by atoms with Crippen LogP contribution in [0.2, 0.25) is 0 Å². The van der Waals surface area contributed by atoms with Crippen LogP contribution in [0.4, 0.5) is 8.78 Å². The highest BCUT2D eigenvalue weighted by molar-refractivity contribution is 5.95. The summed E-state index contributed by atoms with van der Waals surface area (Å²) in [4.78, 5) is 24.6. The van der Waals surface area contributed by atoms with Crippen LogP contribution in [-0.4, -0.2) is 61.9 Å². The Morgan fingerprint density at radius 2 is 1.80 bits per heavy atom. The molecule has 1 unspecified atom stereocenters. The zero-order valence-electron chi connectivity index (χ0n) is 17.4. The van der Waals surface area contributed by atoms with Crippen LogP contribution < -0.4 is 4.74 Å². The summed E-state index contributed by atoms with van der Waals surface area (Å²) in [6.07, 6.45) is -1.18. The van der Waals surface area contributed by atoms with Gasteiger partial charge >= 0.3 is 11.9 Å². The number of carbonyl (C=O) groups is 2. The van der Waals surface area contributed by atoms with Gasteiger partial charge in [0, 0.05) is 11.6 Å². The van der Waals surface area contributed by atoms with E-state index in [2.05, 4.69) is 0 Å². The minimum Gasteiger partial charge on any atom is -0.462 e. The van der Waals surface area contributed by atoms with Crippen molar-refractivity contribution >= 4 is 11.9 Å². The lowest BCUT2D eigenvalue weighted by Gasteiger charge is -2.26. The third kappa shape index (κ3) is 6.60. The predicted octanol–water partition coefficient (Wildman–Crippen LogP) is 3.17. The summed E-state index contributed by atoms with van der Waals surface area (Å²) in [5, 5.41) is 10.1. The molecule has 6 nitrogen and oxygen atoms in total. The zero-order chi connectivity index (χ0) is 22.5. The standard InChI is InChI=1S/C22H26F2NO5/c1-5-29-22(28)18-10-14(17-8-7-15(23)11-19(17)24)6-9-20(18)30-21(27)12-16(26)13-25(2,3)4/h6-11,16,26H,5,12-13H2,1-4H3/q+1. The molecule has 8 heteroatoms. The molecule has 1 atom stereocenters.